The third-order valence-corrected chi connectivity index (χ3v) is 8.74. The summed E-state index contributed by atoms with van der Waals surface area (Å²) in [6, 6.07) is 26.9. The van der Waals surface area contributed by atoms with Crippen LogP contribution in [0.3, 0.4) is 0 Å². The topological polar surface area (TPSA) is 35.9 Å². The zero-order valence-corrected chi connectivity index (χ0v) is 30.6. The quantitative estimate of drug-likeness (QED) is 0.113. The van der Waals surface area contributed by atoms with Crippen LogP contribution >= 0.6 is 0 Å². The van der Waals surface area contributed by atoms with E-state index in [1.54, 1.807) is 59.6 Å². The maximum absolute atomic E-state index is 8.81. The van der Waals surface area contributed by atoms with E-state index in [9.17, 15) is 0 Å². The second kappa shape index (κ2) is 14.5. The predicted molar refractivity (Wildman–Crippen MR) is 207 cm³/mol. The van der Waals surface area contributed by atoms with Crippen molar-refractivity contribution in [2.45, 2.75) is 19.7 Å². The molecule has 0 saturated carbocycles. The molecule has 0 spiro atoms. The third-order valence-electron chi connectivity index (χ3n) is 8.74. The standard InChI is InChI=1S/C47H34N4O.Pt/c1-33(2)36-25-26-48-46(29-36)51-44-22-10-9-19-42(44)43-24-23-39(31-45(43)51)52-38-18-11-17-37(30-38)49-27-28-50(32-49)47-40(34-13-5-3-6-14-34)20-12-21-41(47)35-15-7-4-8-16-35;/h3-29,33H,1-2H3;/q-2;/i3D,4D,5D,6D,7D,8D,13D,14D,15D,16D,33D;. The van der Waals surface area contributed by atoms with Gasteiger partial charge in [-0.1, -0.05) is 116 Å². The summed E-state index contributed by atoms with van der Waals surface area (Å²) in [6.45, 7) is 3.66. The largest absolute Gasteiger partial charge is 0.510 e. The van der Waals surface area contributed by atoms with Crippen molar-refractivity contribution in [3.8, 4) is 50.9 Å². The van der Waals surface area contributed by atoms with Gasteiger partial charge in [0.15, 0.2) is 0 Å². The maximum Gasteiger partial charge on any atom is 0.267 e. The fraction of sp³-hybridized carbons (Fsp3) is 0.0638. The van der Waals surface area contributed by atoms with Gasteiger partial charge in [0.1, 0.15) is 5.82 Å². The number of benzene rings is 6. The van der Waals surface area contributed by atoms with E-state index in [0.29, 0.717) is 23.0 Å². The first-order valence-corrected chi connectivity index (χ1v) is 16.5. The van der Waals surface area contributed by atoms with E-state index in [2.05, 4.69) is 23.4 Å². The summed E-state index contributed by atoms with van der Waals surface area (Å²) in [7, 11) is 0. The number of hydrogen-bond donors (Lipinski definition) is 0. The minimum absolute atomic E-state index is 0. The van der Waals surface area contributed by atoms with Gasteiger partial charge in [-0.25, -0.2) is 4.98 Å². The molecule has 0 fully saturated rings. The van der Waals surface area contributed by atoms with Gasteiger partial charge < -0.3 is 13.9 Å². The Morgan fingerprint density at radius 2 is 1.45 bits per heavy atom. The first kappa shape index (κ1) is 23.5. The molecule has 0 aliphatic carbocycles. The van der Waals surface area contributed by atoms with Gasteiger partial charge in [-0.15, -0.1) is 29.7 Å². The Kier molecular flexibility index (Phi) is 6.45. The molecule has 0 aliphatic rings. The van der Waals surface area contributed by atoms with Gasteiger partial charge in [0.25, 0.3) is 6.33 Å². The molecule has 0 aliphatic heterocycles. The number of rotatable bonds is 8. The molecule has 0 saturated heterocycles. The van der Waals surface area contributed by atoms with E-state index in [1.165, 1.54) is 4.57 Å². The zero-order chi connectivity index (χ0) is 44.6. The molecule has 260 valence electrons. The first-order chi connectivity index (χ1) is 30.0. The summed E-state index contributed by atoms with van der Waals surface area (Å²) >= 11 is 0. The van der Waals surface area contributed by atoms with E-state index in [1.807, 2.05) is 66.9 Å². The normalized spacial score (nSPS) is 14.3. The van der Waals surface area contributed by atoms with Crippen LogP contribution in [-0.2, 0) is 21.1 Å². The number of ether oxygens (including phenoxy) is 1. The van der Waals surface area contributed by atoms with E-state index in [0.717, 1.165) is 27.4 Å². The molecule has 6 heteroatoms. The van der Waals surface area contributed by atoms with Gasteiger partial charge in [-0.05, 0) is 63.0 Å². The molecule has 0 N–H and O–H groups in total. The molecule has 0 bridgehead atoms. The second-order valence-electron chi connectivity index (χ2n) is 12.2. The number of para-hydroxylation sites is 2. The Hall–Kier alpha value is -6.03. The summed E-state index contributed by atoms with van der Waals surface area (Å²) in [5.74, 6) is 0.543. The van der Waals surface area contributed by atoms with Crippen LogP contribution in [0, 0.1) is 18.5 Å². The molecule has 0 radical (unpaired) electrons. The Balaban J connectivity index is 0.00000560. The van der Waals surface area contributed by atoms with Crippen LogP contribution in [0.25, 0.3) is 61.3 Å². The molecule has 53 heavy (non-hydrogen) atoms. The molecule has 9 rings (SSSR count). The molecule has 3 heterocycles. The Morgan fingerprint density at radius 3 is 2.19 bits per heavy atom. The SMILES string of the molecule is [2H]c1c([2H])c([2H])c(-c2cccc(-c3c([2H])c([2H])c([2H])c([2H])c3[2H])c2-[n+]2[c-]n(-c3[c-]c(Oc4[c-]c5c(cc4)c4ccccc4n5-c4cc(C([2H])(C)C)ccn4)ccc3)cc2)c([2H])c1[2H].[Pt]. The summed E-state index contributed by atoms with van der Waals surface area (Å²) in [4.78, 5) is 4.68. The molecule has 0 atom stereocenters. The van der Waals surface area contributed by atoms with E-state index < -0.39 is 66.3 Å². The van der Waals surface area contributed by atoms with Crippen molar-refractivity contribution in [2.75, 3.05) is 0 Å². The minimum Gasteiger partial charge on any atom is -0.510 e. The van der Waals surface area contributed by atoms with Gasteiger partial charge in [0, 0.05) is 58.0 Å². The van der Waals surface area contributed by atoms with Crippen molar-refractivity contribution in [3.63, 3.8) is 0 Å². The Morgan fingerprint density at radius 1 is 0.755 bits per heavy atom. The smallest absolute Gasteiger partial charge is 0.267 e. The number of pyridine rings is 1. The fourth-order valence-corrected chi connectivity index (χ4v) is 6.33. The van der Waals surface area contributed by atoms with Gasteiger partial charge >= 0.3 is 0 Å². The first-order valence-electron chi connectivity index (χ1n) is 22.0. The number of fused-ring (bicyclic) bond motifs is 3. The van der Waals surface area contributed by atoms with Crippen LogP contribution < -0.4 is 9.30 Å². The van der Waals surface area contributed by atoms with Gasteiger partial charge in [0.2, 0.25) is 0 Å². The summed E-state index contributed by atoms with van der Waals surface area (Å²) in [5, 5.41) is 1.94. The number of hydrogen-bond acceptors (Lipinski definition) is 2. The van der Waals surface area contributed by atoms with Gasteiger partial charge in [-0.3, -0.25) is 4.57 Å². The van der Waals surface area contributed by atoms with E-state index in [-0.39, 0.29) is 49.0 Å². The van der Waals surface area contributed by atoms with Crippen LogP contribution in [0.4, 0.5) is 0 Å². The van der Waals surface area contributed by atoms with Crippen LogP contribution in [0.5, 0.6) is 11.5 Å². The average Bonchev–Trinajstić information content (AvgIpc) is 3.90. The molecular formula is C47H34N4OPt-2. The van der Waals surface area contributed by atoms with Crippen LogP contribution in [0.1, 0.15) is 40.4 Å². The fourth-order valence-electron chi connectivity index (χ4n) is 6.33. The molecule has 0 amide bonds. The van der Waals surface area contributed by atoms with Crippen LogP contribution in [-0.4, -0.2) is 14.1 Å². The number of nitrogens with zero attached hydrogens (tertiary/aromatic N) is 4. The Labute approximate surface area is 339 Å². The minimum atomic E-state index is -0.841. The third kappa shape index (κ3) is 6.50. The molecule has 0 unspecified atom stereocenters. The van der Waals surface area contributed by atoms with E-state index in [4.69, 9.17) is 19.8 Å². The number of imidazole rings is 1. The monoisotopic (exact) mass is 876 g/mol. The maximum atomic E-state index is 8.81. The average molecular weight is 877 g/mol. The van der Waals surface area contributed by atoms with Crippen LogP contribution in [0.2, 0.25) is 0 Å². The zero-order valence-electron chi connectivity index (χ0n) is 39.3. The Bertz CT molecular complexity index is 3200. The van der Waals surface area contributed by atoms with Crippen molar-refractivity contribution in [3.05, 3.63) is 188 Å². The summed E-state index contributed by atoms with van der Waals surface area (Å²) < 4.78 is 105. The molecular weight excluding hydrogens is 832 g/mol. The second-order valence-corrected chi connectivity index (χ2v) is 12.2. The van der Waals surface area contributed by atoms with Crippen LogP contribution in [0.15, 0.2) is 164 Å². The van der Waals surface area contributed by atoms with E-state index >= 15 is 0 Å². The molecule has 3 aromatic heterocycles. The van der Waals surface area contributed by atoms with Gasteiger partial charge in [-0.2, -0.15) is 18.2 Å². The molecule has 9 aromatic rings. The predicted octanol–water partition coefficient (Wildman–Crippen LogP) is 10.9. The molecule has 6 aromatic carbocycles. The molecule has 5 nitrogen and oxygen atoms in total. The van der Waals surface area contributed by atoms with Crippen molar-refractivity contribution in [1.29, 1.82) is 0 Å². The van der Waals surface area contributed by atoms with Crippen molar-refractivity contribution in [1.82, 2.24) is 14.1 Å². The van der Waals surface area contributed by atoms with Crippen molar-refractivity contribution in [2.24, 2.45) is 0 Å². The number of aromatic nitrogens is 4. The van der Waals surface area contributed by atoms with Gasteiger partial charge in [0.05, 0.1) is 19.4 Å². The van der Waals surface area contributed by atoms with Crippen molar-refractivity contribution < 1.29 is 45.4 Å². The van der Waals surface area contributed by atoms with Crippen molar-refractivity contribution >= 4 is 21.8 Å². The summed E-state index contributed by atoms with van der Waals surface area (Å²) in [5.41, 5.74) is 3.09. The summed E-state index contributed by atoms with van der Waals surface area (Å²) in [6.07, 6.45) is 8.15.